The van der Waals surface area contributed by atoms with Gasteiger partial charge in [0.15, 0.2) is 5.82 Å². The Bertz CT molecular complexity index is 1710. The number of alkyl halides is 3. The Morgan fingerprint density at radius 3 is 2.50 bits per heavy atom. The molecule has 0 radical (unpaired) electrons. The lowest BCUT2D eigenvalue weighted by Gasteiger charge is -2.12. The molecular formula is C29H19ClF3N3O2. The second kappa shape index (κ2) is 10.5. The standard InChI is InChI=1S/C29H19ClF3N3O2/c30-25-13-3-1-8-21(25)18-38-23-11-5-7-19(15-23)17-34-36-27(20-9-6-10-22(16-20)29(31,32)33)35-26-14-4-2-12-24(26)28(36)37/h1-17H,18H2. The molecule has 0 N–H and O–H groups in total. The van der Waals surface area contributed by atoms with Crippen LogP contribution in [0.5, 0.6) is 5.75 Å². The van der Waals surface area contributed by atoms with Crippen molar-refractivity contribution in [2.45, 2.75) is 12.8 Å². The van der Waals surface area contributed by atoms with Crippen molar-refractivity contribution in [3.05, 3.63) is 129 Å². The maximum atomic E-state index is 13.4. The molecule has 5 nitrogen and oxygen atoms in total. The highest BCUT2D eigenvalue weighted by Gasteiger charge is 2.31. The van der Waals surface area contributed by atoms with Gasteiger partial charge >= 0.3 is 6.18 Å². The predicted molar refractivity (Wildman–Crippen MR) is 142 cm³/mol. The van der Waals surface area contributed by atoms with E-state index < -0.39 is 17.3 Å². The van der Waals surface area contributed by atoms with Gasteiger partial charge in [0.05, 0.1) is 22.7 Å². The van der Waals surface area contributed by atoms with Crippen molar-refractivity contribution < 1.29 is 17.9 Å². The summed E-state index contributed by atoms with van der Waals surface area (Å²) in [6.07, 6.45) is -3.12. The van der Waals surface area contributed by atoms with Crippen molar-refractivity contribution in [2.75, 3.05) is 0 Å². The van der Waals surface area contributed by atoms with Crippen molar-refractivity contribution in [1.82, 2.24) is 9.66 Å². The SMILES string of the molecule is O=c1c2ccccc2nc(-c2cccc(C(F)(F)F)c2)n1N=Cc1cccc(OCc2ccccc2Cl)c1. The van der Waals surface area contributed by atoms with Crippen molar-refractivity contribution >= 4 is 28.7 Å². The van der Waals surface area contributed by atoms with Crippen molar-refractivity contribution in [3.63, 3.8) is 0 Å². The van der Waals surface area contributed by atoms with Gasteiger partial charge in [-0.05, 0) is 48.0 Å². The maximum Gasteiger partial charge on any atom is 0.416 e. The zero-order valence-corrected chi connectivity index (χ0v) is 20.4. The van der Waals surface area contributed by atoms with Gasteiger partial charge in [-0.25, -0.2) is 4.98 Å². The Balaban J connectivity index is 1.52. The smallest absolute Gasteiger partial charge is 0.416 e. The average molecular weight is 534 g/mol. The van der Waals surface area contributed by atoms with E-state index in [-0.39, 0.29) is 23.4 Å². The number of benzene rings is 4. The lowest BCUT2D eigenvalue weighted by atomic mass is 10.1. The van der Waals surface area contributed by atoms with Gasteiger partial charge in [0.2, 0.25) is 0 Å². The van der Waals surface area contributed by atoms with Crippen LogP contribution in [0.15, 0.2) is 107 Å². The first kappa shape index (κ1) is 25.2. The van der Waals surface area contributed by atoms with Gasteiger partial charge in [-0.2, -0.15) is 22.9 Å². The highest BCUT2D eigenvalue weighted by atomic mass is 35.5. The number of fused-ring (bicyclic) bond motifs is 1. The first-order chi connectivity index (χ1) is 18.3. The molecule has 0 bridgehead atoms. The molecule has 4 aromatic carbocycles. The van der Waals surface area contributed by atoms with Gasteiger partial charge in [0.25, 0.3) is 5.56 Å². The Kier molecular flexibility index (Phi) is 6.98. The minimum absolute atomic E-state index is 0.0119. The zero-order chi connectivity index (χ0) is 26.7. The van der Waals surface area contributed by atoms with Crippen LogP contribution in [0.1, 0.15) is 16.7 Å². The number of aromatic nitrogens is 2. The first-order valence-corrected chi connectivity index (χ1v) is 11.9. The molecular weight excluding hydrogens is 515 g/mol. The van der Waals surface area contributed by atoms with Gasteiger partial charge in [0.1, 0.15) is 12.4 Å². The topological polar surface area (TPSA) is 56.5 Å². The number of hydrogen-bond donors (Lipinski definition) is 0. The molecule has 1 aromatic heterocycles. The molecule has 9 heteroatoms. The lowest BCUT2D eigenvalue weighted by molar-refractivity contribution is -0.137. The molecule has 38 heavy (non-hydrogen) atoms. The molecule has 0 unspecified atom stereocenters. The van der Waals surface area contributed by atoms with E-state index >= 15 is 0 Å². The third-order valence-corrected chi connectivity index (χ3v) is 6.10. The van der Waals surface area contributed by atoms with Crippen LogP contribution in [0, 0.1) is 0 Å². The molecule has 0 spiro atoms. The summed E-state index contributed by atoms with van der Waals surface area (Å²) < 4.78 is 47.0. The summed E-state index contributed by atoms with van der Waals surface area (Å²) in [6, 6.07) is 25.6. The van der Waals surface area contributed by atoms with E-state index in [0.29, 0.717) is 21.9 Å². The molecule has 0 saturated carbocycles. The Labute approximate surface area is 220 Å². The van der Waals surface area contributed by atoms with Crippen LogP contribution in [-0.2, 0) is 12.8 Å². The fraction of sp³-hybridized carbons (Fsp3) is 0.0690. The Morgan fingerprint density at radius 2 is 1.68 bits per heavy atom. The van der Waals surface area contributed by atoms with E-state index in [0.717, 1.165) is 22.4 Å². The van der Waals surface area contributed by atoms with Crippen LogP contribution in [-0.4, -0.2) is 15.9 Å². The van der Waals surface area contributed by atoms with Gasteiger partial charge in [0, 0.05) is 16.1 Å². The molecule has 0 amide bonds. The third kappa shape index (κ3) is 5.45. The molecule has 5 rings (SSSR count). The minimum atomic E-state index is -4.55. The van der Waals surface area contributed by atoms with E-state index in [4.69, 9.17) is 16.3 Å². The van der Waals surface area contributed by atoms with E-state index in [1.165, 1.54) is 18.3 Å². The quantitative estimate of drug-likeness (QED) is 0.217. The van der Waals surface area contributed by atoms with Crippen LogP contribution >= 0.6 is 11.6 Å². The third-order valence-electron chi connectivity index (χ3n) is 5.73. The molecule has 0 aliphatic heterocycles. The maximum absolute atomic E-state index is 13.4. The van der Waals surface area contributed by atoms with Crippen LogP contribution in [0.4, 0.5) is 13.2 Å². The number of halogens is 4. The Morgan fingerprint density at radius 1 is 0.921 bits per heavy atom. The normalized spacial score (nSPS) is 11.8. The summed E-state index contributed by atoms with van der Waals surface area (Å²) in [5.74, 6) is 0.540. The van der Waals surface area contributed by atoms with Gasteiger partial charge in [-0.3, -0.25) is 4.79 Å². The van der Waals surface area contributed by atoms with Crippen LogP contribution in [0.25, 0.3) is 22.3 Å². The average Bonchev–Trinajstić information content (AvgIpc) is 2.92. The minimum Gasteiger partial charge on any atom is -0.489 e. The fourth-order valence-electron chi connectivity index (χ4n) is 3.84. The number of nitrogens with zero attached hydrogens (tertiary/aromatic N) is 3. The summed E-state index contributed by atoms with van der Waals surface area (Å²) in [5.41, 5.74) is 0.536. The number of ether oxygens (including phenoxy) is 1. The molecule has 0 aliphatic carbocycles. The fourth-order valence-corrected chi connectivity index (χ4v) is 4.03. The van der Waals surface area contributed by atoms with E-state index in [1.54, 1.807) is 54.6 Å². The number of para-hydroxylation sites is 1. The van der Waals surface area contributed by atoms with E-state index in [2.05, 4.69) is 10.1 Å². The summed E-state index contributed by atoms with van der Waals surface area (Å²) in [7, 11) is 0. The van der Waals surface area contributed by atoms with Crippen LogP contribution in [0.2, 0.25) is 5.02 Å². The van der Waals surface area contributed by atoms with Crippen LogP contribution < -0.4 is 10.3 Å². The molecule has 0 atom stereocenters. The molecule has 190 valence electrons. The Hall–Kier alpha value is -4.43. The molecule has 0 fully saturated rings. The molecule has 0 saturated heterocycles. The van der Waals surface area contributed by atoms with Crippen LogP contribution in [0.3, 0.4) is 0 Å². The second-order valence-electron chi connectivity index (χ2n) is 8.35. The summed E-state index contributed by atoms with van der Waals surface area (Å²) in [5, 5.41) is 5.21. The van der Waals surface area contributed by atoms with Gasteiger partial charge in [-0.1, -0.05) is 66.2 Å². The lowest BCUT2D eigenvalue weighted by Crippen LogP contribution is -2.20. The van der Waals surface area contributed by atoms with E-state index in [9.17, 15) is 18.0 Å². The monoisotopic (exact) mass is 533 g/mol. The highest BCUT2D eigenvalue weighted by Crippen LogP contribution is 2.32. The zero-order valence-electron chi connectivity index (χ0n) is 19.7. The summed E-state index contributed by atoms with van der Waals surface area (Å²) in [4.78, 5) is 17.8. The van der Waals surface area contributed by atoms with Crippen molar-refractivity contribution in [3.8, 4) is 17.1 Å². The second-order valence-corrected chi connectivity index (χ2v) is 8.75. The van der Waals surface area contributed by atoms with Gasteiger partial charge < -0.3 is 4.74 Å². The molecule has 5 aromatic rings. The largest absolute Gasteiger partial charge is 0.489 e. The number of rotatable bonds is 6. The summed E-state index contributed by atoms with van der Waals surface area (Å²) >= 11 is 6.19. The predicted octanol–water partition coefficient (Wildman–Crippen LogP) is 7.20. The number of hydrogen-bond acceptors (Lipinski definition) is 4. The van der Waals surface area contributed by atoms with Gasteiger partial charge in [-0.15, -0.1) is 0 Å². The van der Waals surface area contributed by atoms with Crippen molar-refractivity contribution in [2.24, 2.45) is 5.10 Å². The van der Waals surface area contributed by atoms with E-state index in [1.807, 2.05) is 18.2 Å². The molecule has 1 heterocycles. The summed E-state index contributed by atoms with van der Waals surface area (Å²) in [6.45, 7) is 0.258. The first-order valence-electron chi connectivity index (χ1n) is 11.5. The van der Waals surface area contributed by atoms with Crippen molar-refractivity contribution in [1.29, 1.82) is 0 Å². The molecule has 0 aliphatic rings. The highest BCUT2D eigenvalue weighted by molar-refractivity contribution is 6.31.